The third-order valence-corrected chi connectivity index (χ3v) is 7.53. The summed E-state index contributed by atoms with van der Waals surface area (Å²) < 4.78 is 70.2. The van der Waals surface area contributed by atoms with Gasteiger partial charge in [-0.3, -0.25) is 4.72 Å². The number of carbonyl (C=O) groups excluding carboxylic acids is 1. The van der Waals surface area contributed by atoms with Gasteiger partial charge in [0.1, 0.15) is 5.69 Å². The number of benzene rings is 1. The van der Waals surface area contributed by atoms with Crippen LogP contribution in [-0.2, 0) is 21.2 Å². The molecule has 0 amide bonds. The number of ether oxygens (including phenoxy) is 1. The van der Waals surface area contributed by atoms with Crippen LogP contribution in [0.1, 0.15) is 68.7 Å². The van der Waals surface area contributed by atoms with Gasteiger partial charge >= 0.3 is 21.5 Å². The van der Waals surface area contributed by atoms with Crippen molar-refractivity contribution >= 4 is 49.5 Å². The van der Waals surface area contributed by atoms with Gasteiger partial charge in [-0.1, -0.05) is 31.6 Å². The predicted octanol–water partition coefficient (Wildman–Crippen LogP) is 6.11. The zero-order chi connectivity index (χ0) is 27.4. The Kier molecular flexibility index (Phi) is 9.10. The molecule has 10 nitrogen and oxygen atoms in total. The van der Waals surface area contributed by atoms with E-state index in [0.717, 1.165) is 42.6 Å². The lowest BCUT2D eigenvalue weighted by atomic mass is 9.93. The van der Waals surface area contributed by atoms with Crippen LogP contribution in [0.3, 0.4) is 0 Å². The maximum Gasteiger partial charge on any atom is 0.516 e. The highest BCUT2D eigenvalue weighted by Crippen LogP contribution is 2.41. The molecular weight excluding hydrogens is 533 g/mol. The molecule has 1 N–H and O–H groups in total. The van der Waals surface area contributed by atoms with Crippen LogP contribution in [0.5, 0.6) is 0 Å². The van der Waals surface area contributed by atoms with Crippen LogP contribution in [0, 0.1) is 0 Å². The molecule has 1 aliphatic heterocycles. The largest absolute Gasteiger partial charge is 0.516 e. The van der Waals surface area contributed by atoms with Crippen molar-refractivity contribution in [2.75, 3.05) is 16.2 Å². The van der Waals surface area contributed by atoms with E-state index in [1.165, 1.54) is 12.1 Å². The number of aryl methyl sites for hydroxylation is 1. The number of halogens is 3. The van der Waals surface area contributed by atoms with Gasteiger partial charge in [0.05, 0.1) is 11.8 Å². The summed E-state index contributed by atoms with van der Waals surface area (Å²) in [5.74, 6) is -0.695. The fourth-order valence-corrected chi connectivity index (χ4v) is 5.00. The number of hydrogen-bond donors (Lipinski definition) is 1. The van der Waals surface area contributed by atoms with Crippen molar-refractivity contribution in [3.8, 4) is 0 Å². The number of anilines is 2. The van der Waals surface area contributed by atoms with Crippen LogP contribution in [0.2, 0.25) is 0 Å². The second-order valence-electron chi connectivity index (χ2n) is 8.74. The molecule has 0 aliphatic carbocycles. The Morgan fingerprint density at radius 3 is 2.62 bits per heavy atom. The van der Waals surface area contributed by atoms with Crippen molar-refractivity contribution < 1.29 is 31.1 Å². The van der Waals surface area contributed by atoms with Crippen LogP contribution < -0.4 is 9.62 Å². The van der Waals surface area contributed by atoms with E-state index in [1.54, 1.807) is 18.6 Å². The Bertz CT molecular complexity index is 1250. The number of sulfonamides is 1. The summed E-state index contributed by atoms with van der Waals surface area (Å²) in [4.78, 5) is 14.1. The molecule has 37 heavy (non-hydrogen) atoms. The number of rotatable bonds is 10. The number of fused-ring (bicyclic) bond motifs is 1. The van der Waals surface area contributed by atoms with E-state index in [0.29, 0.717) is 18.7 Å². The first-order valence-electron chi connectivity index (χ1n) is 11.8. The Morgan fingerprint density at radius 2 is 2.00 bits per heavy atom. The number of carbonyl (C=O) groups is 1. The van der Waals surface area contributed by atoms with Gasteiger partial charge in [-0.2, -0.15) is 21.6 Å². The van der Waals surface area contributed by atoms with Gasteiger partial charge in [0.15, 0.2) is 0 Å². The fraction of sp³-hybridized carbons (Fsp3) is 0.591. The molecule has 0 spiro atoms. The lowest BCUT2D eigenvalue weighted by Gasteiger charge is -2.39. The van der Waals surface area contributed by atoms with Crippen molar-refractivity contribution in [3.05, 3.63) is 22.7 Å². The Hall–Kier alpha value is -2.81. The minimum absolute atomic E-state index is 0.0475. The Morgan fingerprint density at radius 1 is 1.27 bits per heavy atom. The number of unbranched alkanes of at least 4 members (excludes halogenated alkanes) is 1. The van der Waals surface area contributed by atoms with E-state index < -0.39 is 21.5 Å². The van der Waals surface area contributed by atoms with Crippen molar-refractivity contribution in [2.24, 2.45) is 10.2 Å². The van der Waals surface area contributed by atoms with Crippen molar-refractivity contribution in [2.45, 2.75) is 77.5 Å². The molecule has 2 heterocycles. The highest BCUT2D eigenvalue weighted by molar-refractivity contribution is 7.93. The second kappa shape index (κ2) is 11.7. The molecule has 204 valence electrons. The summed E-state index contributed by atoms with van der Waals surface area (Å²) in [6.07, 6.45) is 3.76. The maximum absolute atomic E-state index is 13.2. The lowest BCUT2D eigenvalue weighted by Crippen LogP contribution is -2.39. The molecule has 1 aromatic carbocycles. The van der Waals surface area contributed by atoms with Crippen LogP contribution in [0.25, 0.3) is 0 Å². The topological polar surface area (TPSA) is 126 Å². The van der Waals surface area contributed by atoms with E-state index in [1.807, 2.05) is 13.8 Å². The molecule has 1 atom stereocenters. The van der Waals surface area contributed by atoms with Crippen LogP contribution in [0.15, 0.2) is 22.4 Å². The molecular formula is C22H29F3N6O4S2. The summed E-state index contributed by atoms with van der Waals surface area (Å²) in [5, 5.41) is 15.2. The zero-order valence-electron chi connectivity index (χ0n) is 20.9. The number of aromatic nitrogens is 2. The standard InChI is InChI=1S/C22H29F3N6O4S2/c1-5-7-10-31-15(6-2)9-8-14-11-16(17(12-18(14)31)30-37(33,34)22(23,24)25)26-28-21-29-27-19(36-21)20(32)35-13(3)4/h11-13,15,30H,5-10H2,1-4H3. The Balaban J connectivity index is 2.03. The molecule has 3 rings (SSSR count). The van der Waals surface area contributed by atoms with E-state index >= 15 is 0 Å². The fourth-order valence-electron chi connectivity index (χ4n) is 3.88. The molecule has 1 aliphatic rings. The van der Waals surface area contributed by atoms with Crippen molar-refractivity contribution in [3.63, 3.8) is 0 Å². The molecule has 15 heteroatoms. The van der Waals surface area contributed by atoms with E-state index in [9.17, 15) is 26.4 Å². The van der Waals surface area contributed by atoms with Crippen LogP contribution in [0.4, 0.5) is 35.4 Å². The summed E-state index contributed by atoms with van der Waals surface area (Å²) >= 11 is 0.783. The number of alkyl halides is 3. The highest BCUT2D eigenvalue weighted by Gasteiger charge is 2.46. The zero-order valence-corrected chi connectivity index (χ0v) is 22.5. The third kappa shape index (κ3) is 6.94. The van der Waals surface area contributed by atoms with Gasteiger partial charge in [0, 0.05) is 18.3 Å². The van der Waals surface area contributed by atoms with Gasteiger partial charge in [-0.25, -0.2) is 4.79 Å². The first kappa shape index (κ1) is 28.8. The summed E-state index contributed by atoms with van der Waals surface area (Å²) in [7, 11) is -5.71. The summed E-state index contributed by atoms with van der Waals surface area (Å²) in [6.45, 7) is 8.11. The van der Waals surface area contributed by atoms with Gasteiger partial charge in [-0.15, -0.1) is 20.4 Å². The molecule has 1 aromatic heterocycles. The van der Waals surface area contributed by atoms with Gasteiger partial charge in [-0.05, 0) is 57.2 Å². The van der Waals surface area contributed by atoms with Crippen LogP contribution in [-0.4, -0.2) is 48.8 Å². The molecule has 0 radical (unpaired) electrons. The quantitative estimate of drug-likeness (QED) is 0.273. The SMILES string of the molecule is CCCCN1c2cc(NS(=O)(=O)C(F)(F)F)c(N=Nc3nnc(C(=O)OC(C)C)s3)cc2CCC1CC. The maximum atomic E-state index is 13.2. The smallest absolute Gasteiger partial charge is 0.458 e. The molecule has 0 fully saturated rings. The minimum atomic E-state index is -5.71. The van der Waals surface area contributed by atoms with E-state index in [4.69, 9.17) is 4.74 Å². The van der Waals surface area contributed by atoms with E-state index in [2.05, 4.69) is 25.3 Å². The number of azo groups is 1. The normalized spacial score (nSPS) is 16.3. The van der Waals surface area contributed by atoms with Gasteiger partial charge < -0.3 is 9.64 Å². The first-order chi connectivity index (χ1) is 17.4. The van der Waals surface area contributed by atoms with Crippen molar-refractivity contribution in [1.82, 2.24) is 10.2 Å². The number of esters is 1. The number of nitrogens with zero attached hydrogens (tertiary/aromatic N) is 5. The molecule has 0 saturated heterocycles. The lowest BCUT2D eigenvalue weighted by molar-refractivity contribution is -0.0429. The van der Waals surface area contributed by atoms with Gasteiger partial charge in [0.25, 0.3) is 5.13 Å². The minimum Gasteiger partial charge on any atom is -0.458 e. The number of hydrogen-bond acceptors (Lipinski definition) is 10. The van der Waals surface area contributed by atoms with Gasteiger partial charge in [0.2, 0.25) is 5.01 Å². The molecule has 1 unspecified atom stereocenters. The van der Waals surface area contributed by atoms with E-state index in [-0.39, 0.29) is 33.7 Å². The molecule has 2 aromatic rings. The predicted molar refractivity (Wildman–Crippen MR) is 134 cm³/mol. The summed E-state index contributed by atoms with van der Waals surface area (Å²) in [5.41, 5.74) is -4.50. The Labute approximate surface area is 217 Å². The molecule has 0 saturated carbocycles. The van der Waals surface area contributed by atoms with Crippen molar-refractivity contribution in [1.29, 1.82) is 0 Å². The first-order valence-corrected chi connectivity index (χ1v) is 14.1. The van der Waals surface area contributed by atoms with Crippen LogP contribution >= 0.6 is 11.3 Å². The molecule has 0 bridgehead atoms. The average molecular weight is 563 g/mol. The monoisotopic (exact) mass is 562 g/mol. The third-order valence-electron chi connectivity index (χ3n) is 5.64. The highest BCUT2D eigenvalue weighted by atomic mass is 32.2. The number of nitrogens with one attached hydrogen (secondary N) is 1. The second-order valence-corrected chi connectivity index (χ2v) is 11.4. The average Bonchev–Trinajstić information content (AvgIpc) is 3.29. The summed E-state index contributed by atoms with van der Waals surface area (Å²) in [6, 6.07) is 3.10.